The maximum Gasteiger partial charge on any atom is 0.341 e. The second-order valence-electron chi connectivity index (χ2n) is 5.83. The summed E-state index contributed by atoms with van der Waals surface area (Å²) >= 11 is 1.42. The largest absolute Gasteiger partial charge is 0.462 e. The van der Waals surface area contributed by atoms with Crippen molar-refractivity contribution in [3.05, 3.63) is 16.0 Å². The smallest absolute Gasteiger partial charge is 0.341 e. The molecule has 22 heavy (non-hydrogen) atoms. The summed E-state index contributed by atoms with van der Waals surface area (Å²) in [6.45, 7) is 7.97. The van der Waals surface area contributed by atoms with Crippen LogP contribution in [0.4, 0.5) is 9.80 Å². The van der Waals surface area contributed by atoms with Crippen LogP contribution in [0.25, 0.3) is 0 Å². The predicted molar refractivity (Wildman–Crippen MR) is 88.7 cm³/mol. The highest BCUT2D eigenvalue weighted by Gasteiger charge is 2.33. The van der Waals surface area contributed by atoms with Crippen molar-refractivity contribution < 1.29 is 14.3 Å². The van der Waals surface area contributed by atoms with Gasteiger partial charge < -0.3 is 9.64 Å². The summed E-state index contributed by atoms with van der Waals surface area (Å²) in [6, 6.07) is 0.0411. The molecular formula is C16H24N2O3S. The number of hydrogen-bond donors (Lipinski definition) is 1. The van der Waals surface area contributed by atoms with Gasteiger partial charge in [0, 0.05) is 18.0 Å². The van der Waals surface area contributed by atoms with Crippen LogP contribution in [0, 0.1) is 19.8 Å². The van der Waals surface area contributed by atoms with E-state index in [9.17, 15) is 9.59 Å². The molecule has 1 aliphatic rings. The van der Waals surface area contributed by atoms with Crippen LogP contribution >= 0.6 is 11.3 Å². The molecule has 0 spiro atoms. The Labute approximate surface area is 135 Å². The number of nitrogens with zero attached hydrogens (tertiary/aromatic N) is 1. The van der Waals surface area contributed by atoms with E-state index in [-0.39, 0.29) is 18.0 Å². The number of ether oxygens (including phenoxy) is 1. The van der Waals surface area contributed by atoms with Gasteiger partial charge in [0.2, 0.25) is 0 Å². The van der Waals surface area contributed by atoms with E-state index in [0.29, 0.717) is 23.1 Å². The number of anilines is 1. The van der Waals surface area contributed by atoms with Gasteiger partial charge in [-0.05, 0) is 52.0 Å². The number of thiophene rings is 1. The Balaban J connectivity index is 2.16. The number of carbonyl (C=O) groups is 2. The Hall–Kier alpha value is -1.56. The van der Waals surface area contributed by atoms with E-state index in [2.05, 4.69) is 12.2 Å². The van der Waals surface area contributed by atoms with Crippen LogP contribution in [-0.2, 0) is 4.74 Å². The highest BCUT2D eigenvalue weighted by Crippen LogP contribution is 2.36. The van der Waals surface area contributed by atoms with Crippen molar-refractivity contribution in [2.45, 2.75) is 46.6 Å². The molecule has 1 aromatic heterocycles. The fraction of sp³-hybridized carbons (Fsp3) is 0.625. The minimum absolute atomic E-state index is 0.175. The zero-order valence-electron chi connectivity index (χ0n) is 13.9. The average Bonchev–Trinajstić information content (AvgIpc) is 3.26. The maximum atomic E-state index is 12.4. The molecule has 2 amide bonds. The van der Waals surface area contributed by atoms with Crippen LogP contribution in [0.15, 0.2) is 0 Å². The van der Waals surface area contributed by atoms with Crippen LogP contribution in [0.2, 0.25) is 0 Å². The zero-order chi connectivity index (χ0) is 16.4. The predicted octanol–water partition coefficient (Wildman–Crippen LogP) is 3.80. The van der Waals surface area contributed by atoms with Crippen LogP contribution in [0.5, 0.6) is 0 Å². The molecule has 5 nitrogen and oxygen atoms in total. The first kappa shape index (κ1) is 16.8. The highest BCUT2D eigenvalue weighted by molar-refractivity contribution is 7.16. The van der Waals surface area contributed by atoms with Gasteiger partial charge in [-0.2, -0.15) is 0 Å². The van der Waals surface area contributed by atoms with Gasteiger partial charge in [0.1, 0.15) is 5.00 Å². The fourth-order valence-corrected chi connectivity index (χ4v) is 3.47. The second-order valence-corrected chi connectivity index (χ2v) is 7.05. The monoisotopic (exact) mass is 324 g/mol. The van der Waals surface area contributed by atoms with E-state index in [1.807, 2.05) is 13.8 Å². The number of nitrogens with one attached hydrogen (secondary N) is 1. The van der Waals surface area contributed by atoms with Gasteiger partial charge in [-0.3, -0.25) is 5.32 Å². The van der Waals surface area contributed by atoms with Crippen molar-refractivity contribution in [2.24, 2.45) is 5.92 Å². The van der Waals surface area contributed by atoms with Gasteiger partial charge in [0.15, 0.2) is 0 Å². The Morgan fingerprint density at radius 3 is 2.59 bits per heavy atom. The van der Waals surface area contributed by atoms with Gasteiger partial charge >= 0.3 is 12.0 Å². The number of hydrogen-bond acceptors (Lipinski definition) is 4. The first-order valence-corrected chi connectivity index (χ1v) is 8.49. The maximum absolute atomic E-state index is 12.4. The van der Waals surface area contributed by atoms with Crippen LogP contribution < -0.4 is 5.32 Å². The molecule has 1 heterocycles. The van der Waals surface area contributed by atoms with E-state index in [1.165, 1.54) is 24.2 Å². The summed E-state index contributed by atoms with van der Waals surface area (Å²) in [5.41, 5.74) is 1.35. The Bertz CT molecular complexity index is 578. The van der Waals surface area contributed by atoms with Crippen molar-refractivity contribution in [1.29, 1.82) is 0 Å². The number of amides is 2. The molecular weight excluding hydrogens is 300 g/mol. The molecule has 1 N–H and O–H groups in total. The molecule has 1 aromatic rings. The number of urea groups is 1. The molecule has 1 fully saturated rings. The lowest BCUT2D eigenvalue weighted by Gasteiger charge is -2.25. The van der Waals surface area contributed by atoms with Gasteiger partial charge in [0.05, 0.1) is 12.2 Å². The van der Waals surface area contributed by atoms with Crippen molar-refractivity contribution >= 4 is 28.3 Å². The number of rotatable bonds is 5. The third-order valence-corrected chi connectivity index (χ3v) is 5.44. The summed E-state index contributed by atoms with van der Waals surface area (Å²) in [5, 5.41) is 3.46. The standard InChI is InChI=1S/C16H24N2O3S/c1-6-21-15(19)13-9(2)11(4)22-14(13)17-16(20)18(5)10(3)12-7-8-12/h10,12H,6-8H2,1-5H3,(H,17,20)/t10-/m0/s1. The lowest BCUT2D eigenvalue weighted by atomic mass is 10.1. The molecule has 1 saturated carbocycles. The van der Waals surface area contributed by atoms with Crippen molar-refractivity contribution in [3.63, 3.8) is 0 Å². The first-order chi connectivity index (χ1) is 10.4. The van der Waals surface area contributed by atoms with E-state index >= 15 is 0 Å². The molecule has 0 aliphatic heterocycles. The molecule has 0 radical (unpaired) electrons. The normalized spacial score (nSPS) is 15.3. The van der Waals surface area contributed by atoms with E-state index in [0.717, 1.165) is 10.4 Å². The fourth-order valence-electron chi connectivity index (χ4n) is 2.43. The van der Waals surface area contributed by atoms with Gasteiger partial charge in [-0.1, -0.05) is 0 Å². The summed E-state index contributed by atoms with van der Waals surface area (Å²) in [4.78, 5) is 27.3. The van der Waals surface area contributed by atoms with E-state index < -0.39 is 0 Å². The molecule has 6 heteroatoms. The molecule has 0 aromatic carbocycles. The van der Waals surface area contributed by atoms with Crippen LogP contribution in [0.1, 0.15) is 47.5 Å². The highest BCUT2D eigenvalue weighted by atomic mass is 32.1. The number of esters is 1. The third-order valence-electron chi connectivity index (χ3n) is 4.32. The van der Waals surface area contributed by atoms with Crippen LogP contribution in [-0.4, -0.2) is 36.6 Å². The number of carbonyl (C=O) groups excluding carboxylic acids is 2. The second kappa shape index (κ2) is 6.69. The molecule has 0 unspecified atom stereocenters. The third kappa shape index (κ3) is 3.43. The van der Waals surface area contributed by atoms with E-state index in [1.54, 1.807) is 18.9 Å². The average molecular weight is 324 g/mol. The number of aryl methyl sites for hydroxylation is 1. The van der Waals surface area contributed by atoms with Gasteiger partial charge in [-0.15, -0.1) is 11.3 Å². The first-order valence-electron chi connectivity index (χ1n) is 7.67. The topological polar surface area (TPSA) is 58.6 Å². The van der Waals surface area contributed by atoms with Gasteiger partial charge in [0.25, 0.3) is 0 Å². The lowest BCUT2D eigenvalue weighted by Crippen LogP contribution is -2.39. The Morgan fingerprint density at radius 2 is 2.05 bits per heavy atom. The lowest BCUT2D eigenvalue weighted by molar-refractivity contribution is 0.0527. The molecule has 0 bridgehead atoms. The Kier molecular flexibility index (Phi) is 5.11. The van der Waals surface area contributed by atoms with Crippen molar-refractivity contribution in [2.75, 3.05) is 19.0 Å². The molecule has 122 valence electrons. The Morgan fingerprint density at radius 1 is 1.41 bits per heavy atom. The quantitative estimate of drug-likeness (QED) is 0.838. The minimum atomic E-state index is -0.377. The summed E-state index contributed by atoms with van der Waals surface area (Å²) in [5.74, 6) is 0.227. The zero-order valence-corrected chi connectivity index (χ0v) is 14.7. The van der Waals surface area contributed by atoms with Crippen molar-refractivity contribution in [1.82, 2.24) is 4.90 Å². The van der Waals surface area contributed by atoms with Crippen LogP contribution in [0.3, 0.4) is 0 Å². The minimum Gasteiger partial charge on any atom is -0.462 e. The summed E-state index contributed by atoms with van der Waals surface area (Å²) in [6.07, 6.45) is 2.37. The SMILES string of the molecule is CCOC(=O)c1c(NC(=O)N(C)[C@@H](C)C2CC2)sc(C)c1C. The van der Waals surface area contributed by atoms with Crippen molar-refractivity contribution in [3.8, 4) is 0 Å². The molecule has 1 aliphatic carbocycles. The van der Waals surface area contributed by atoms with Gasteiger partial charge in [-0.25, -0.2) is 9.59 Å². The summed E-state index contributed by atoms with van der Waals surface area (Å²) in [7, 11) is 1.80. The summed E-state index contributed by atoms with van der Waals surface area (Å²) < 4.78 is 5.10. The van der Waals surface area contributed by atoms with E-state index in [4.69, 9.17) is 4.74 Å². The molecule has 2 rings (SSSR count). The molecule has 1 atom stereocenters. The molecule has 0 saturated heterocycles.